The third kappa shape index (κ3) is 3.66. The molecule has 3 N–H and O–H groups in total. The number of hydrogen-bond acceptors (Lipinski definition) is 5. The van der Waals surface area contributed by atoms with Crippen LogP contribution in [0.25, 0.3) is 0 Å². The first-order valence-corrected chi connectivity index (χ1v) is 10.1. The van der Waals surface area contributed by atoms with Crippen LogP contribution >= 0.6 is 0 Å². The summed E-state index contributed by atoms with van der Waals surface area (Å²) in [6, 6.07) is 12.5. The van der Waals surface area contributed by atoms with E-state index in [-0.39, 0.29) is 5.91 Å². The topological polar surface area (TPSA) is 78.9 Å². The van der Waals surface area contributed by atoms with Gasteiger partial charge in [0.2, 0.25) is 11.9 Å². The van der Waals surface area contributed by atoms with Gasteiger partial charge in [-0.1, -0.05) is 6.07 Å². The van der Waals surface area contributed by atoms with E-state index in [1.807, 2.05) is 31.3 Å². The first-order chi connectivity index (χ1) is 14.1. The molecular formula is C23H23N5O. The average molecular weight is 385 g/mol. The van der Waals surface area contributed by atoms with Gasteiger partial charge in [-0.25, -0.2) is 4.98 Å². The summed E-state index contributed by atoms with van der Waals surface area (Å²) in [6.45, 7) is 2.00. The predicted molar refractivity (Wildman–Crippen MR) is 115 cm³/mol. The van der Waals surface area contributed by atoms with Gasteiger partial charge in [-0.2, -0.15) is 4.98 Å². The van der Waals surface area contributed by atoms with Crippen molar-refractivity contribution in [2.45, 2.75) is 39.0 Å². The third-order valence-electron chi connectivity index (χ3n) is 5.59. The highest BCUT2D eigenvalue weighted by molar-refractivity contribution is 5.94. The zero-order chi connectivity index (χ0) is 19.8. The molecule has 29 heavy (non-hydrogen) atoms. The lowest BCUT2D eigenvalue weighted by molar-refractivity contribution is -0.116. The van der Waals surface area contributed by atoms with Gasteiger partial charge >= 0.3 is 0 Å². The summed E-state index contributed by atoms with van der Waals surface area (Å²) in [4.78, 5) is 20.6. The Hall–Kier alpha value is -3.41. The van der Waals surface area contributed by atoms with Gasteiger partial charge in [-0.3, -0.25) is 4.79 Å². The minimum atomic E-state index is 0.0716. The Bertz CT molecular complexity index is 1110. The van der Waals surface area contributed by atoms with Crippen LogP contribution in [0, 0.1) is 6.92 Å². The Morgan fingerprint density at radius 1 is 0.897 bits per heavy atom. The molecule has 0 unspecified atom stereocenters. The molecule has 5 rings (SSSR count). The smallest absolute Gasteiger partial charge is 0.229 e. The highest BCUT2D eigenvalue weighted by Gasteiger charge is 2.15. The second-order valence-electron chi connectivity index (χ2n) is 7.73. The predicted octanol–water partition coefficient (Wildman–Crippen LogP) is 4.65. The highest BCUT2D eigenvalue weighted by atomic mass is 16.1. The Morgan fingerprint density at radius 3 is 2.62 bits per heavy atom. The standard InChI is InChI=1S/C23H23N5O/c1-14-13-24-23(26-19-8-9-20-17(12-19)6-10-21(29)27-20)28-22(14)25-18-7-5-15-3-2-4-16(15)11-18/h5,7-9,11-13H,2-4,6,10H2,1H3,(H,27,29)(H2,24,25,26,28). The summed E-state index contributed by atoms with van der Waals surface area (Å²) in [5, 5.41) is 9.63. The van der Waals surface area contributed by atoms with Crippen LogP contribution in [0.3, 0.4) is 0 Å². The van der Waals surface area contributed by atoms with Crippen LogP contribution in [0.15, 0.2) is 42.6 Å². The van der Waals surface area contributed by atoms with E-state index in [0.717, 1.165) is 46.8 Å². The summed E-state index contributed by atoms with van der Waals surface area (Å²) >= 11 is 0. The summed E-state index contributed by atoms with van der Waals surface area (Å²) < 4.78 is 0. The number of carbonyl (C=O) groups is 1. The SMILES string of the molecule is Cc1cnc(Nc2ccc3c(c2)CCC(=O)N3)nc1Nc1ccc2c(c1)CCC2. The Morgan fingerprint density at radius 2 is 1.69 bits per heavy atom. The van der Waals surface area contributed by atoms with Crippen LogP contribution in [0.5, 0.6) is 0 Å². The quantitative estimate of drug-likeness (QED) is 0.609. The molecule has 6 heteroatoms. The summed E-state index contributed by atoms with van der Waals surface area (Å²) in [5.41, 5.74) is 7.86. The van der Waals surface area contributed by atoms with Gasteiger partial charge in [0, 0.05) is 35.2 Å². The van der Waals surface area contributed by atoms with Crippen LogP contribution in [0.4, 0.5) is 28.8 Å². The van der Waals surface area contributed by atoms with E-state index in [9.17, 15) is 4.79 Å². The lowest BCUT2D eigenvalue weighted by Gasteiger charge is -2.18. The van der Waals surface area contributed by atoms with E-state index >= 15 is 0 Å². The van der Waals surface area contributed by atoms with Crippen molar-refractivity contribution >= 4 is 34.7 Å². The lowest BCUT2D eigenvalue weighted by Crippen LogP contribution is -2.18. The molecule has 0 radical (unpaired) electrons. The van der Waals surface area contributed by atoms with E-state index in [1.165, 1.54) is 24.0 Å². The van der Waals surface area contributed by atoms with Crippen molar-refractivity contribution in [2.24, 2.45) is 0 Å². The number of hydrogen-bond donors (Lipinski definition) is 3. The molecule has 0 saturated carbocycles. The maximum atomic E-state index is 11.5. The summed E-state index contributed by atoms with van der Waals surface area (Å²) in [6.07, 6.45) is 6.66. The van der Waals surface area contributed by atoms with Crippen molar-refractivity contribution in [3.63, 3.8) is 0 Å². The number of rotatable bonds is 4. The largest absolute Gasteiger partial charge is 0.340 e. The van der Waals surface area contributed by atoms with Crippen molar-refractivity contribution in [2.75, 3.05) is 16.0 Å². The number of carbonyl (C=O) groups excluding carboxylic acids is 1. The molecular weight excluding hydrogens is 362 g/mol. The molecule has 1 aliphatic carbocycles. The first kappa shape index (κ1) is 17.7. The monoisotopic (exact) mass is 385 g/mol. The molecule has 0 atom stereocenters. The Kier molecular flexibility index (Phi) is 4.39. The zero-order valence-electron chi connectivity index (χ0n) is 16.4. The van der Waals surface area contributed by atoms with Crippen molar-refractivity contribution in [1.29, 1.82) is 0 Å². The van der Waals surface area contributed by atoms with Crippen LogP contribution in [-0.4, -0.2) is 15.9 Å². The highest BCUT2D eigenvalue weighted by Crippen LogP contribution is 2.29. The number of fused-ring (bicyclic) bond motifs is 2. The van der Waals surface area contributed by atoms with Crippen LogP contribution in [-0.2, 0) is 24.1 Å². The first-order valence-electron chi connectivity index (χ1n) is 10.1. The lowest BCUT2D eigenvalue weighted by atomic mass is 10.0. The third-order valence-corrected chi connectivity index (χ3v) is 5.59. The molecule has 0 spiro atoms. The molecule has 1 aliphatic heterocycles. The maximum Gasteiger partial charge on any atom is 0.229 e. The van der Waals surface area contributed by atoms with Crippen molar-refractivity contribution in [3.8, 4) is 0 Å². The maximum absolute atomic E-state index is 11.5. The van der Waals surface area contributed by atoms with E-state index in [4.69, 9.17) is 0 Å². The second-order valence-corrected chi connectivity index (χ2v) is 7.73. The van der Waals surface area contributed by atoms with Gasteiger partial charge in [0.15, 0.2) is 0 Å². The second kappa shape index (κ2) is 7.20. The van der Waals surface area contributed by atoms with E-state index in [0.29, 0.717) is 12.4 Å². The van der Waals surface area contributed by atoms with Gasteiger partial charge < -0.3 is 16.0 Å². The van der Waals surface area contributed by atoms with Gasteiger partial charge in [-0.15, -0.1) is 0 Å². The van der Waals surface area contributed by atoms with E-state index < -0.39 is 0 Å². The number of aryl methyl sites for hydroxylation is 4. The van der Waals surface area contributed by atoms with E-state index in [2.05, 4.69) is 44.1 Å². The average Bonchev–Trinajstić information content (AvgIpc) is 3.18. The molecule has 0 saturated heterocycles. The van der Waals surface area contributed by atoms with Crippen molar-refractivity contribution < 1.29 is 4.79 Å². The fourth-order valence-electron chi connectivity index (χ4n) is 4.01. The fourth-order valence-corrected chi connectivity index (χ4v) is 4.01. The van der Waals surface area contributed by atoms with Gasteiger partial charge in [0.05, 0.1) is 0 Å². The number of nitrogens with zero attached hydrogens (tertiary/aromatic N) is 2. The molecule has 2 heterocycles. The molecule has 146 valence electrons. The normalized spacial score (nSPS) is 14.7. The minimum Gasteiger partial charge on any atom is -0.340 e. The number of benzene rings is 2. The number of anilines is 5. The molecule has 3 aromatic rings. The molecule has 2 aromatic carbocycles. The number of amides is 1. The summed E-state index contributed by atoms with van der Waals surface area (Å²) in [5.74, 6) is 1.41. The molecule has 1 aromatic heterocycles. The van der Waals surface area contributed by atoms with Gasteiger partial charge in [0.1, 0.15) is 5.82 Å². The van der Waals surface area contributed by atoms with Crippen LogP contribution in [0.1, 0.15) is 35.1 Å². The molecule has 0 bridgehead atoms. The molecule has 6 nitrogen and oxygen atoms in total. The van der Waals surface area contributed by atoms with E-state index in [1.54, 1.807) is 0 Å². The molecule has 2 aliphatic rings. The molecule has 0 fully saturated rings. The Balaban J connectivity index is 1.36. The zero-order valence-corrected chi connectivity index (χ0v) is 16.4. The van der Waals surface area contributed by atoms with Crippen molar-refractivity contribution in [3.05, 3.63) is 64.8 Å². The van der Waals surface area contributed by atoms with Gasteiger partial charge in [0.25, 0.3) is 0 Å². The minimum absolute atomic E-state index is 0.0716. The number of nitrogens with one attached hydrogen (secondary N) is 3. The van der Waals surface area contributed by atoms with Crippen LogP contribution < -0.4 is 16.0 Å². The summed E-state index contributed by atoms with van der Waals surface area (Å²) in [7, 11) is 0. The van der Waals surface area contributed by atoms with Crippen molar-refractivity contribution in [1.82, 2.24) is 9.97 Å². The number of aromatic nitrogens is 2. The van der Waals surface area contributed by atoms with Gasteiger partial charge in [-0.05, 0) is 79.6 Å². The van der Waals surface area contributed by atoms with Crippen LogP contribution in [0.2, 0.25) is 0 Å². The Labute approximate surface area is 169 Å². The fraction of sp³-hybridized carbons (Fsp3) is 0.261. The molecule has 1 amide bonds.